The molecule has 3 rings (SSSR count). The Morgan fingerprint density at radius 2 is 2.00 bits per heavy atom. The molecule has 0 amide bonds. The summed E-state index contributed by atoms with van der Waals surface area (Å²) in [5.74, 6) is -0.304. The van der Waals surface area contributed by atoms with Gasteiger partial charge in [-0.2, -0.15) is 0 Å². The van der Waals surface area contributed by atoms with Crippen LogP contribution < -0.4 is 4.98 Å². The van der Waals surface area contributed by atoms with Crippen molar-refractivity contribution in [1.82, 2.24) is 0 Å². The van der Waals surface area contributed by atoms with Gasteiger partial charge in [0.2, 0.25) is 5.69 Å². The van der Waals surface area contributed by atoms with E-state index >= 15 is 0 Å². The van der Waals surface area contributed by atoms with Crippen molar-refractivity contribution in [3.63, 3.8) is 0 Å². The van der Waals surface area contributed by atoms with Crippen LogP contribution in [0, 0.1) is 5.82 Å². The van der Waals surface area contributed by atoms with Crippen LogP contribution in [-0.2, 0) is 12.8 Å². The first-order valence-corrected chi connectivity index (χ1v) is 5.71. The number of benzene rings is 1. The molecule has 0 saturated heterocycles. The number of H-pyrrole nitrogens is 1. The third-order valence-corrected chi connectivity index (χ3v) is 3.32. The fraction of sp³-hybridized carbons (Fsp3) is 0.214. The molecule has 0 fully saturated rings. The van der Waals surface area contributed by atoms with Crippen molar-refractivity contribution in [3.8, 4) is 0 Å². The van der Waals surface area contributed by atoms with Crippen LogP contribution in [-0.4, -0.2) is 5.11 Å². The molecule has 1 unspecified atom stereocenters. The highest BCUT2D eigenvalue weighted by atomic mass is 19.1. The Morgan fingerprint density at radius 1 is 1.18 bits per heavy atom. The highest BCUT2D eigenvalue weighted by molar-refractivity contribution is 5.38. The Labute approximate surface area is 98.8 Å². The Balaban J connectivity index is 2.18. The second-order valence-electron chi connectivity index (χ2n) is 4.35. The van der Waals surface area contributed by atoms with Crippen molar-refractivity contribution >= 4 is 0 Å². The van der Waals surface area contributed by atoms with Gasteiger partial charge in [-0.1, -0.05) is 6.07 Å². The van der Waals surface area contributed by atoms with Crippen LogP contribution in [0.5, 0.6) is 0 Å². The molecule has 17 heavy (non-hydrogen) atoms. The van der Waals surface area contributed by atoms with E-state index in [0.29, 0.717) is 5.56 Å². The second-order valence-corrected chi connectivity index (χ2v) is 4.35. The van der Waals surface area contributed by atoms with Crippen molar-refractivity contribution in [2.45, 2.75) is 18.9 Å². The average molecular weight is 230 g/mol. The topological polar surface area (TPSA) is 34.4 Å². The molecule has 1 heterocycles. The van der Waals surface area contributed by atoms with Crippen molar-refractivity contribution in [1.29, 1.82) is 0 Å². The third-order valence-electron chi connectivity index (χ3n) is 3.32. The van der Waals surface area contributed by atoms with E-state index in [-0.39, 0.29) is 5.82 Å². The maximum Gasteiger partial charge on any atom is 0.216 e. The molecule has 1 aliphatic carbocycles. The summed E-state index contributed by atoms with van der Waals surface area (Å²) in [5.41, 5.74) is 3.56. The molecule has 0 radical (unpaired) electrons. The van der Waals surface area contributed by atoms with E-state index in [4.69, 9.17) is 0 Å². The molecule has 0 aliphatic heterocycles. The van der Waals surface area contributed by atoms with Gasteiger partial charge in [0.1, 0.15) is 5.82 Å². The molecule has 2 aromatic rings. The van der Waals surface area contributed by atoms with Crippen LogP contribution in [0.2, 0.25) is 0 Å². The Hall–Kier alpha value is -1.74. The molecule has 1 aromatic heterocycles. The summed E-state index contributed by atoms with van der Waals surface area (Å²) in [7, 11) is 0. The number of hydrogen-bond acceptors (Lipinski definition) is 1. The highest BCUT2D eigenvalue weighted by Gasteiger charge is 2.26. The molecular formula is C14H13FNO+. The number of rotatable bonds is 0. The van der Waals surface area contributed by atoms with Crippen LogP contribution in [0.1, 0.15) is 28.5 Å². The fourth-order valence-electron chi connectivity index (χ4n) is 2.43. The maximum atomic E-state index is 13.3. The first-order chi connectivity index (χ1) is 8.25. The summed E-state index contributed by atoms with van der Waals surface area (Å²) in [4.78, 5) is 3.07. The molecule has 0 spiro atoms. The smallest absolute Gasteiger partial charge is 0.216 e. The molecule has 2 nitrogen and oxygen atoms in total. The van der Waals surface area contributed by atoms with Crippen LogP contribution >= 0.6 is 0 Å². The first-order valence-electron chi connectivity index (χ1n) is 5.71. The largest absolute Gasteiger partial charge is 0.377 e. The van der Waals surface area contributed by atoms with Gasteiger partial charge in [0, 0.05) is 11.6 Å². The third kappa shape index (κ3) is 1.72. The second kappa shape index (κ2) is 3.93. The maximum absolute atomic E-state index is 13.3. The Morgan fingerprint density at radius 3 is 2.88 bits per heavy atom. The van der Waals surface area contributed by atoms with Gasteiger partial charge in [-0.05, 0) is 42.2 Å². The molecule has 3 heteroatoms. The lowest BCUT2D eigenvalue weighted by Gasteiger charge is -2.09. The monoisotopic (exact) mass is 230 g/mol. The number of aliphatic hydroxyl groups is 1. The minimum Gasteiger partial charge on any atom is -0.377 e. The van der Waals surface area contributed by atoms with Crippen molar-refractivity contribution in [3.05, 3.63) is 64.7 Å². The molecule has 0 bridgehead atoms. The van der Waals surface area contributed by atoms with Gasteiger partial charge in [0.15, 0.2) is 12.3 Å². The van der Waals surface area contributed by atoms with Gasteiger partial charge in [-0.25, -0.2) is 9.37 Å². The van der Waals surface area contributed by atoms with E-state index in [9.17, 15) is 9.50 Å². The van der Waals surface area contributed by atoms with Gasteiger partial charge < -0.3 is 5.11 Å². The van der Waals surface area contributed by atoms with Crippen LogP contribution in [0.15, 0.2) is 36.5 Å². The van der Waals surface area contributed by atoms with Crippen LogP contribution in [0.3, 0.4) is 0 Å². The summed E-state index contributed by atoms with van der Waals surface area (Å²) >= 11 is 0. The minimum atomic E-state index is -0.764. The Bertz CT molecular complexity index is 568. The summed E-state index contributed by atoms with van der Waals surface area (Å²) < 4.78 is 13.3. The van der Waals surface area contributed by atoms with Crippen molar-refractivity contribution < 1.29 is 14.5 Å². The van der Waals surface area contributed by atoms with E-state index in [2.05, 4.69) is 4.98 Å². The lowest BCUT2D eigenvalue weighted by molar-refractivity contribution is -0.398. The minimum absolute atomic E-state index is 0.304. The van der Waals surface area contributed by atoms with Gasteiger partial charge >= 0.3 is 0 Å². The number of aryl methyl sites for hydroxylation is 2. The van der Waals surface area contributed by atoms with E-state index in [1.165, 1.54) is 12.1 Å². The number of nitrogens with one attached hydrogen (secondary N) is 1. The number of aliphatic hydroxyl groups excluding tert-OH is 1. The van der Waals surface area contributed by atoms with E-state index in [1.54, 1.807) is 12.3 Å². The molecule has 1 atom stereocenters. The number of halogens is 1. The lowest BCUT2D eigenvalue weighted by atomic mass is 10.0. The average Bonchev–Trinajstić information content (AvgIpc) is 2.49. The summed E-state index contributed by atoms with van der Waals surface area (Å²) in [5, 5.41) is 10.3. The summed E-state index contributed by atoms with van der Waals surface area (Å²) in [6.07, 6.45) is 2.71. The Kier molecular flexibility index (Phi) is 2.41. The SMILES string of the molecule is OC1c2cc(F)ccc2CCc2ccc[nH+]c21. The number of aromatic amines is 1. The van der Waals surface area contributed by atoms with Gasteiger partial charge in [0.25, 0.3) is 0 Å². The molecule has 86 valence electrons. The zero-order valence-electron chi connectivity index (χ0n) is 9.28. The zero-order chi connectivity index (χ0) is 11.8. The number of aromatic nitrogens is 1. The predicted molar refractivity (Wildman–Crippen MR) is 60.9 cm³/mol. The molecule has 1 aliphatic rings. The van der Waals surface area contributed by atoms with Crippen LogP contribution in [0.4, 0.5) is 4.39 Å². The first kappa shape index (κ1) is 10.4. The molecule has 0 saturated carbocycles. The fourth-order valence-corrected chi connectivity index (χ4v) is 2.43. The zero-order valence-corrected chi connectivity index (χ0v) is 9.28. The van der Waals surface area contributed by atoms with E-state index < -0.39 is 6.10 Å². The highest BCUT2D eigenvalue weighted by Crippen LogP contribution is 2.30. The van der Waals surface area contributed by atoms with E-state index in [0.717, 1.165) is 29.7 Å². The molecule has 1 aromatic carbocycles. The number of fused-ring (bicyclic) bond motifs is 2. The number of hydrogen-bond donors (Lipinski definition) is 1. The van der Waals surface area contributed by atoms with Crippen molar-refractivity contribution in [2.24, 2.45) is 0 Å². The quantitative estimate of drug-likeness (QED) is 0.736. The van der Waals surface area contributed by atoms with Gasteiger partial charge in [0.05, 0.1) is 0 Å². The normalized spacial score (nSPS) is 18.1. The lowest BCUT2D eigenvalue weighted by Crippen LogP contribution is -2.17. The van der Waals surface area contributed by atoms with Gasteiger partial charge in [-0.3, -0.25) is 0 Å². The summed E-state index contributed by atoms with van der Waals surface area (Å²) in [6, 6.07) is 8.56. The molecule has 2 N–H and O–H groups in total. The summed E-state index contributed by atoms with van der Waals surface area (Å²) in [6.45, 7) is 0. The van der Waals surface area contributed by atoms with Gasteiger partial charge in [-0.15, -0.1) is 0 Å². The molecular weight excluding hydrogens is 217 g/mol. The standard InChI is InChI=1S/C14H12FNO/c15-11-6-5-9-3-4-10-2-1-7-16-13(10)14(17)12(9)8-11/h1-2,5-8,14,17H,3-4H2/p+1. The van der Waals surface area contributed by atoms with E-state index in [1.807, 2.05) is 12.1 Å². The van der Waals surface area contributed by atoms with Crippen molar-refractivity contribution in [2.75, 3.05) is 0 Å². The number of pyridine rings is 1. The predicted octanol–water partition coefficient (Wildman–Crippen LogP) is 1.82. The van der Waals surface area contributed by atoms with Crippen LogP contribution in [0.25, 0.3) is 0 Å².